The van der Waals surface area contributed by atoms with E-state index in [0.717, 1.165) is 21.1 Å². The van der Waals surface area contributed by atoms with Crippen LogP contribution in [0.3, 0.4) is 0 Å². The number of para-hydroxylation sites is 1. The maximum absolute atomic E-state index is 6.05. The first-order chi connectivity index (χ1) is 8.50. The third-order valence-corrected chi connectivity index (χ3v) is 3.99. The quantitative estimate of drug-likeness (QED) is 0.922. The van der Waals surface area contributed by atoms with Crippen LogP contribution in [0, 0.1) is 6.92 Å². The average molecular weight is 261 g/mol. The van der Waals surface area contributed by atoms with Crippen molar-refractivity contribution < 1.29 is 0 Å². The third-order valence-electron chi connectivity index (χ3n) is 2.81. The van der Waals surface area contributed by atoms with Crippen LogP contribution in [-0.2, 0) is 0 Å². The summed E-state index contributed by atoms with van der Waals surface area (Å²) >= 11 is 1.68. The van der Waals surface area contributed by atoms with Gasteiger partial charge in [-0.1, -0.05) is 18.2 Å². The zero-order valence-corrected chi connectivity index (χ0v) is 12.1. The predicted molar refractivity (Wildman–Crippen MR) is 79.2 cm³/mol. The lowest BCUT2D eigenvalue weighted by molar-refractivity contribution is 0.837. The molecule has 0 aliphatic rings. The Morgan fingerprint density at radius 2 is 1.94 bits per heavy atom. The maximum Gasteiger partial charge on any atom is 0.0905 e. The molecule has 0 bridgehead atoms. The third kappa shape index (κ3) is 2.40. The lowest BCUT2D eigenvalue weighted by Crippen LogP contribution is -2.11. The van der Waals surface area contributed by atoms with Crippen molar-refractivity contribution in [3.05, 3.63) is 34.2 Å². The molecule has 0 radical (unpaired) electrons. The molecule has 0 spiro atoms. The molecule has 1 heterocycles. The normalized spacial score (nSPS) is 12.5. The highest BCUT2D eigenvalue weighted by molar-refractivity contribution is 7.12. The molecule has 0 saturated heterocycles. The van der Waals surface area contributed by atoms with Gasteiger partial charge >= 0.3 is 0 Å². The zero-order chi connectivity index (χ0) is 13.3. The molecule has 1 unspecified atom stereocenters. The van der Waals surface area contributed by atoms with E-state index < -0.39 is 0 Å². The van der Waals surface area contributed by atoms with Crippen LogP contribution in [0.5, 0.6) is 0 Å². The van der Waals surface area contributed by atoms with Crippen LogP contribution in [0.1, 0.15) is 22.9 Å². The Kier molecular flexibility index (Phi) is 3.68. The van der Waals surface area contributed by atoms with Gasteiger partial charge in [-0.3, -0.25) is 0 Å². The molecule has 0 saturated carbocycles. The zero-order valence-electron chi connectivity index (χ0n) is 11.3. The fraction of sp³-hybridized carbons (Fsp3) is 0.357. The summed E-state index contributed by atoms with van der Waals surface area (Å²) < 4.78 is 0. The number of anilines is 1. The number of rotatable bonds is 3. The van der Waals surface area contributed by atoms with Crippen LogP contribution in [0.15, 0.2) is 24.3 Å². The molecule has 2 aromatic rings. The van der Waals surface area contributed by atoms with Gasteiger partial charge < -0.3 is 10.6 Å². The first-order valence-corrected chi connectivity index (χ1v) is 6.82. The first-order valence-electron chi connectivity index (χ1n) is 6.00. The number of hydrogen-bond donors (Lipinski definition) is 1. The second-order valence-corrected chi connectivity index (χ2v) is 5.88. The van der Waals surface area contributed by atoms with Gasteiger partial charge in [0.1, 0.15) is 0 Å². The number of nitrogens with zero attached hydrogens (tertiary/aromatic N) is 2. The summed E-state index contributed by atoms with van der Waals surface area (Å²) in [5.74, 6) is 0. The number of thiazole rings is 1. The van der Waals surface area contributed by atoms with E-state index in [1.165, 1.54) is 5.69 Å². The van der Waals surface area contributed by atoms with Crippen molar-refractivity contribution in [3.63, 3.8) is 0 Å². The molecule has 0 fully saturated rings. The molecule has 2 rings (SSSR count). The van der Waals surface area contributed by atoms with Crippen LogP contribution in [0.2, 0.25) is 0 Å². The van der Waals surface area contributed by atoms with E-state index in [1.54, 1.807) is 11.3 Å². The number of nitrogens with two attached hydrogens (primary N) is 1. The number of aromatic nitrogens is 1. The first kappa shape index (κ1) is 13.1. The van der Waals surface area contributed by atoms with Crippen molar-refractivity contribution in [1.29, 1.82) is 0 Å². The number of hydrogen-bond acceptors (Lipinski definition) is 4. The van der Waals surface area contributed by atoms with Crippen LogP contribution in [-0.4, -0.2) is 19.1 Å². The van der Waals surface area contributed by atoms with E-state index in [9.17, 15) is 0 Å². The smallest absolute Gasteiger partial charge is 0.0905 e. The van der Waals surface area contributed by atoms with Gasteiger partial charge in [-0.05, 0) is 19.9 Å². The summed E-state index contributed by atoms with van der Waals surface area (Å²) in [6, 6.07) is 8.32. The Hall–Kier alpha value is -1.39. The largest absolute Gasteiger partial charge is 0.377 e. The summed E-state index contributed by atoms with van der Waals surface area (Å²) in [5, 5.41) is 1.06. The van der Waals surface area contributed by atoms with Crippen molar-refractivity contribution in [1.82, 2.24) is 4.98 Å². The molecule has 18 heavy (non-hydrogen) atoms. The molecular weight excluding hydrogens is 242 g/mol. The topological polar surface area (TPSA) is 42.2 Å². The maximum atomic E-state index is 6.05. The van der Waals surface area contributed by atoms with Crippen LogP contribution < -0.4 is 10.6 Å². The molecule has 3 nitrogen and oxygen atoms in total. The molecule has 4 heteroatoms. The molecule has 96 valence electrons. The highest BCUT2D eigenvalue weighted by Crippen LogP contribution is 2.36. The van der Waals surface area contributed by atoms with Crippen LogP contribution in [0.25, 0.3) is 11.3 Å². The summed E-state index contributed by atoms with van der Waals surface area (Å²) in [6.07, 6.45) is 0. The Morgan fingerprint density at radius 1 is 1.28 bits per heavy atom. The molecule has 1 aromatic carbocycles. The van der Waals surface area contributed by atoms with Gasteiger partial charge in [0, 0.05) is 36.3 Å². The van der Waals surface area contributed by atoms with Crippen molar-refractivity contribution in [2.24, 2.45) is 5.73 Å². The van der Waals surface area contributed by atoms with E-state index in [0.29, 0.717) is 0 Å². The van der Waals surface area contributed by atoms with Crippen molar-refractivity contribution >= 4 is 17.0 Å². The van der Waals surface area contributed by atoms with Gasteiger partial charge in [-0.2, -0.15) is 0 Å². The lowest BCUT2D eigenvalue weighted by Gasteiger charge is -2.17. The minimum absolute atomic E-state index is 0.0152. The molecule has 2 N–H and O–H groups in total. The fourth-order valence-electron chi connectivity index (χ4n) is 2.01. The predicted octanol–water partition coefficient (Wildman–Crippen LogP) is 3.20. The number of benzene rings is 1. The Labute approximate surface area is 112 Å². The molecule has 1 aromatic heterocycles. The Balaban J connectivity index is 2.62. The van der Waals surface area contributed by atoms with E-state index >= 15 is 0 Å². The number of aryl methyl sites for hydroxylation is 1. The Bertz CT molecular complexity index is 544. The van der Waals surface area contributed by atoms with E-state index in [-0.39, 0.29) is 6.04 Å². The molecule has 0 aliphatic heterocycles. The average Bonchev–Trinajstić information content (AvgIpc) is 2.71. The highest BCUT2D eigenvalue weighted by atomic mass is 32.1. The minimum atomic E-state index is 0.0152. The van der Waals surface area contributed by atoms with Gasteiger partial charge in [-0.15, -0.1) is 11.3 Å². The molecular formula is C14H19N3S. The van der Waals surface area contributed by atoms with Crippen LogP contribution in [0.4, 0.5) is 5.69 Å². The van der Waals surface area contributed by atoms with Gasteiger partial charge in [0.25, 0.3) is 0 Å². The Morgan fingerprint density at radius 3 is 2.56 bits per heavy atom. The van der Waals surface area contributed by atoms with Crippen molar-refractivity contribution in [2.75, 3.05) is 19.0 Å². The molecule has 1 atom stereocenters. The second kappa shape index (κ2) is 5.08. The lowest BCUT2D eigenvalue weighted by atomic mass is 10.1. The molecule has 0 aliphatic carbocycles. The summed E-state index contributed by atoms with van der Waals surface area (Å²) in [6.45, 7) is 4.03. The second-order valence-electron chi connectivity index (χ2n) is 4.65. The van der Waals surface area contributed by atoms with E-state index in [1.807, 2.05) is 40.1 Å². The summed E-state index contributed by atoms with van der Waals surface area (Å²) in [7, 11) is 4.09. The monoisotopic (exact) mass is 261 g/mol. The van der Waals surface area contributed by atoms with Gasteiger partial charge in [0.05, 0.1) is 10.7 Å². The summed E-state index contributed by atoms with van der Waals surface area (Å²) in [5.41, 5.74) is 9.40. The molecule has 0 amide bonds. The van der Waals surface area contributed by atoms with Gasteiger partial charge in [0.2, 0.25) is 0 Å². The van der Waals surface area contributed by atoms with Gasteiger partial charge in [0.15, 0.2) is 0 Å². The standard InChI is InChI=1S/C14H19N3S/c1-9(15)14-13(16-10(2)18-14)11-7-5-6-8-12(11)17(3)4/h5-9H,15H2,1-4H3. The minimum Gasteiger partial charge on any atom is -0.377 e. The highest BCUT2D eigenvalue weighted by Gasteiger charge is 2.17. The fourth-order valence-corrected chi connectivity index (χ4v) is 2.90. The van der Waals surface area contributed by atoms with Crippen LogP contribution >= 0.6 is 11.3 Å². The SMILES string of the molecule is Cc1nc(-c2ccccc2N(C)C)c(C(C)N)s1. The van der Waals surface area contributed by atoms with E-state index in [4.69, 9.17) is 5.73 Å². The van der Waals surface area contributed by atoms with Gasteiger partial charge in [-0.25, -0.2) is 4.98 Å². The van der Waals surface area contributed by atoms with Crippen molar-refractivity contribution in [3.8, 4) is 11.3 Å². The van der Waals surface area contributed by atoms with Crippen molar-refractivity contribution in [2.45, 2.75) is 19.9 Å². The summed E-state index contributed by atoms with van der Waals surface area (Å²) in [4.78, 5) is 7.92. The van der Waals surface area contributed by atoms with E-state index in [2.05, 4.69) is 22.0 Å².